The molecular formula is C46H82NO8P. The molecule has 3 atom stereocenters. The number of esters is 1. The van der Waals surface area contributed by atoms with Crippen molar-refractivity contribution in [3.05, 3.63) is 73.1 Å². The number of phosphoric acid groups is 1. The summed E-state index contributed by atoms with van der Waals surface area (Å²) in [6, 6.07) is 0. The maximum absolute atomic E-state index is 12.6. The third-order valence-electron chi connectivity index (χ3n) is 8.87. The lowest BCUT2D eigenvalue weighted by Crippen LogP contribution is -2.37. The Hall–Kier alpha value is -2.26. The van der Waals surface area contributed by atoms with Crippen LogP contribution in [0.15, 0.2) is 73.1 Å². The van der Waals surface area contributed by atoms with Gasteiger partial charge in [0.25, 0.3) is 7.82 Å². The molecule has 10 heteroatoms. The Morgan fingerprint density at radius 2 is 1.23 bits per heavy atom. The zero-order valence-corrected chi connectivity index (χ0v) is 37.1. The van der Waals surface area contributed by atoms with Gasteiger partial charge in [-0.05, 0) is 83.1 Å². The number of rotatable bonds is 39. The van der Waals surface area contributed by atoms with E-state index in [1.807, 2.05) is 63.7 Å². The van der Waals surface area contributed by atoms with Crippen LogP contribution in [0.3, 0.4) is 0 Å². The number of phosphoric ester groups is 1. The van der Waals surface area contributed by atoms with Crippen LogP contribution in [0.4, 0.5) is 0 Å². The largest absolute Gasteiger partial charge is 0.756 e. The molecule has 324 valence electrons. The third kappa shape index (κ3) is 41.4. The Labute approximate surface area is 343 Å². The molecule has 9 nitrogen and oxygen atoms in total. The van der Waals surface area contributed by atoms with Gasteiger partial charge in [0, 0.05) is 6.42 Å². The minimum atomic E-state index is -4.58. The molecule has 0 saturated carbocycles. The van der Waals surface area contributed by atoms with Crippen molar-refractivity contribution in [1.82, 2.24) is 0 Å². The van der Waals surface area contributed by atoms with Crippen LogP contribution in [0.5, 0.6) is 0 Å². The van der Waals surface area contributed by atoms with Gasteiger partial charge in [-0.1, -0.05) is 132 Å². The first kappa shape index (κ1) is 53.7. The average Bonchev–Trinajstić information content (AvgIpc) is 3.14. The van der Waals surface area contributed by atoms with Crippen molar-refractivity contribution in [2.24, 2.45) is 0 Å². The maximum atomic E-state index is 12.6. The summed E-state index contributed by atoms with van der Waals surface area (Å²) in [6.07, 6.45) is 46.1. The van der Waals surface area contributed by atoms with Crippen molar-refractivity contribution in [3.63, 3.8) is 0 Å². The van der Waals surface area contributed by atoms with Crippen molar-refractivity contribution in [2.45, 2.75) is 167 Å². The van der Waals surface area contributed by atoms with E-state index < -0.39 is 26.0 Å². The SMILES string of the molecule is CCCCC/C=C\C=C/[C@H](O)C/C=C\C/C=C/CCCC(=O)O[C@H](CO/C=C/CCCCCC/C=C\CCCCCCCC)COP(=O)([O-])OCC[N+](C)(C)C. The Morgan fingerprint density at radius 3 is 1.91 bits per heavy atom. The molecule has 0 bridgehead atoms. The lowest BCUT2D eigenvalue weighted by molar-refractivity contribution is -0.870. The van der Waals surface area contributed by atoms with Gasteiger partial charge >= 0.3 is 5.97 Å². The second-order valence-electron chi connectivity index (χ2n) is 15.6. The van der Waals surface area contributed by atoms with E-state index in [1.165, 1.54) is 77.0 Å². The van der Waals surface area contributed by atoms with E-state index >= 15 is 0 Å². The van der Waals surface area contributed by atoms with Crippen LogP contribution in [0.1, 0.15) is 155 Å². The van der Waals surface area contributed by atoms with E-state index in [2.05, 4.69) is 32.1 Å². The topological polar surface area (TPSA) is 114 Å². The second-order valence-corrected chi connectivity index (χ2v) is 17.0. The average molecular weight is 808 g/mol. The number of likely N-dealkylation sites (N-methyl/N-ethyl adjacent to an activating group) is 1. The number of nitrogens with zero attached hydrogens (tertiary/aromatic N) is 1. The highest BCUT2D eigenvalue weighted by Crippen LogP contribution is 2.38. The van der Waals surface area contributed by atoms with Crippen LogP contribution in [0.2, 0.25) is 0 Å². The summed E-state index contributed by atoms with van der Waals surface area (Å²) >= 11 is 0. The highest BCUT2D eigenvalue weighted by Gasteiger charge is 2.20. The quantitative estimate of drug-likeness (QED) is 0.0124. The molecule has 0 aliphatic carbocycles. The lowest BCUT2D eigenvalue weighted by atomic mass is 10.1. The smallest absolute Gasteiger partial charge is 0.306 e. The molecule has 0 amide bonds. The molecule has 1 unspecified atom stereocenters. The molecule has 0 aromatic rings. The second kappa shape index (κ2) is 38.3. The van der Waals surface area contributed by atoms with Gasteiger partial charge in [0.05, 0.1) is 40.1 Å². The van der Waals surface area contributed by atoms with Crippen molar-refractivity contribution >= 4 is 13.8 Å². The van der Waals surface area contributed by atoms with Gasteiger partial charge < -0.3 is 33.0 Å². The van der Waals surface area contributed by atoms with Crippen LogP contribution in [-0.2, 0) is 27.9 Å². The van der Waals surface area contributed by atoms with Crippen LogP contribution < -0.4 is 4.89 Å². The number of hydrogen-bond acceptors (Lipinski definition) is 8. The highest BCUT2D eigenvalue weighted by atomic mass is 31.2. The number of hydrogen-bond donors (Lipinski definition) is 1. The maximum Gasteiger partial charge on any atom is 0.306 e. The number of carbonyl (C=O) groups is 1. The highest BCUT2D eigenvalue weighted by molar-refractivity contribution is 7.45. The van der Waals surface area contributed by atoms with Gasteiger partial charge in [-0.15, -0.1) is 0 Å². The fraction of sp³-hybridized carbons (Fsp3) is 0.717. The number of quaternary nitrogens is 1. The molecule has 1 N–H and O–H groups in total. The number of allylic oxidation sites excluding steroid dienone is 9. The standard InChI is InChI=1S/C46H82NO8P/c1-6-8-10-12-14-15-16-17-18-19-20-21-22-27-31-35-40-52-42-45(43-54-56(50,51)53-41-39-47(3,4)5)55-46(49)38-34-30-26-23-25-29-33-37-44(48)36-32-28-24-13-11-9-7-2/h17-18,23-24,26,28-29,32-33,35-36,40,44-45,48H,6-16,19-22,25,27,30-31,34,37-39,41-43H2,1-5H3/b18-17-,26-23+,28-24-,33-29-,36-32-,40-35+/t44-,45+/m0/s1. The van der Waals surface area contributed by atoms with E-state index in [9.17, 15) is 19.4 Å². The number of aliphatic hydroxyl groups is 1. The first-order valence-electron chi connectivity index (χ1n) is 21.8. The normalized spacial score (nSPS) is 15.0. The van der Waals surface area contributed by atoms with Gasteiger partial charge in [0.1, 0.15) is 19.8 Å². The van der Waals surface area contributed by atoms with Gasteiger partial charge in [0.15, 0.2) is 6.10 Å². The number of carbonyl (C=O) groups excluding carboxylic acids is 1. The fourth-order valence-electron chi connectivity index (χ4n) is 5.40. The Kier molecular flexibility index (Phi) is 36.7. The van der Waals surface area contributed by atoms with Gasteiger partial charge in [-0.3, -0.25) is 9.36 Å². The minimum absolute atomic E-state index is 0.0103. The Morgan fingerprint density at radius 1 is 0.679 bits per heavy atom. The summed E-state index contributed by atoms with van der Waals surface area (Å²) in [6.45, 7) is 4.51. The summed E-state index contributed by atoms with van der Waals surface area (Å²) in [7, 11) is 1.23. The van der Waals surface area contributed by atoms with E-state index in [4.69, 9.17) is 18.5 Å². The summed E-state index contributed by atoms with van der Waals surface area (Å²) in [4.78, 5) is 25.0. The molecule has 0 fully saturated rings. The Balaban J connectivity index is 4.49. The van der Waals surface area contributed by atoms with Crippen molar-refractivity contribution in [2.75, 3.05) is 47.5 Å². The van der Waals surface area contributed by atoms with E-state index in [0.29, 0.717) is 30.3 Å². The van der Waals surface area contributed by atoms with Crippen LogP contribution in [0.25, 0.3) is 0 Å². The number of unbranched alkanes of at least 4 members (excludes halogenated alkanes) is 15. The molecule has 56 heavy (non-hydrogen) atoms. The molecule has 0 aromatic carbocycles. The van der Waals surface area contributed by atoms with Gasteiger partial charge in [-0.2, -0.15) is 0 Å². The molecule has 0 spiro atoms. The number of ether oxygens (including phenoxy) is 2. The summed E-state index contributed by atoms with van der Waals surface area (Å²) < 4.78 is 34.2. The minimum Gasteiger partial charge on any atom is -0.756 e. The van der Waals surface area contributed by atoms with Gasteiger partial charge in [0.2, 0.25) is 0 Å². The predicted octanol–water partition coefficient (Wildman–Crippen LogP) is 11.4. The summed E-state index contributed by atoms with van der Waals surface area (Å²) in [5, 5.41) is 10.1. The first-order chi connectivity index (χ1) is 27.0. The van der Waals surface area contributed by atoms with E-state index in [0.717, 1.165) is 38.5 Å². The molecule has 0 radical (unpaired) electrons. The zero-order valence-electron chi connectivity index (χ0n) is 36.2. The summed E-state index contributed by atoms with van der Waals surface area (Å²) in [5.41, 5.74) is 0. The molecule has 0 aliphatic heterocycles. The number of aliphatic hydroxyl groups excluding tert-OH is 1. The van der Waals surface area contributed by atoms with Crippen LogP contribution >= 0.6 is 7.82 Å². The van der Waals surface area contributed by atoms with Crippen molar-refractivity contribution in [1.29, 1.82) is 0 Å². The molecule has 0 saturated heterocycles. The monoisotopic (exact) mass is 808 g/mol. The van der Waals surface area contributed by atoms with Crippen molar-refractivity contribution in [3.8, 4) is 0 Å². The van der Waals surface area contributed by atoms with E-state index in [-0.39, 0.29) is 26.2 Å². The van der Waals surface area contributed by atoms with E-state index in [1.54, 1.807) is 12.3 Å². The molecule has 0 heterocycles. The van der Waals surface area contributed by atoms with Crippen molar-refractivity contribution < 1.29 is 42.4 Å². The summed E-state index contributed by atoms with van der Waals surface area (Å²) in [5.74, 6) is -0.443. The van der Waals surface area contributed by atoms with Gasteiger partial charge in [-0.25, -0.2) is 0 Å². The Bertz CT molecular complexity index is 1140. The molecule has 0 aliphatic rings. The zero-order chi connectivity index (χ0) is 41.4. The first-order valence-corrected chi connectivity index (χ1v) is 23.3. The predicted molar refractivity (Wildman–Crippen MR) is 232 cm³/mol. The lowest BCUT2D eigenvalue weighted by Gasteiger charge is -2.28. The molecule has 0 rings (SSSR count). The van der Waals surface area contributed by atoms with Crippen LogP contribution in [-0.4, -0.2) is 75.3 Å². The molecule has 0 aromatic heterocycles. The molecular weight excluding hydrogens is 725 g/mol. The van der Waals surface area contributed by atoms with Crippen LogP contribution in [0, 0.1) is 0 Å². The fourth-order valence-corrected chi connectivity index (χ4v) is 6.13. The third-order valence-corrected chi connectivity index (χ3v) is 9.84.